The van der Waals surface area contributed by atoms with Crippen molar-refractivity contribution in [3.05, 3.63) is 46.0 Å². The van der Waals surface area contributed by atoms with Crippen molar-refractivity contribution in [3.8, 4) is 0 Å². The van der Waals surface area contributed by atoms with E-state index in [0.29, 0.717) is 36.1 Å². The molecule has 0 saturated carbocycles. The van der Waals surface area contributed by atoms with Crippen LogP contribution in [0, 0.1) is 0 Å². The van der Waals surface area contributed by atoms with E-state index in [1.54, 1.807) is 17.1 Å². The number of fused-ring (bicyclic) bond motifs is 1. The van der Waals surface area contributed by atoms with E-state index in [1.807, 2.05) is 11.0 Å². The molecule has 0 fully saturated rings. The predicted octanol–water partition coefficient (Wildman–Crippen LogP) is 2.95. The van der Waals surface area contributed by atoms with Crippen molar-refractivity contribution in [3.63, 3.8) is 0 Å². The Bertz CT molecular complexity index is 672. The van der Waals surface area contributed by atoms with Crippen molar-refractivity contribution >= 4 is 29.1 Å². The molecular weight excluding hydrogens is 323 g/mol. The third kappa shape index (κ3) is 3.42. The van der Waals surface area contributed by atoms with Crippen LogP contribution in [0.3, 0.4) is 0 Å². The zero-order valence-electron chi connectivity index (χ0n) is 12.0. The summed E-state index contributed by atoms with van der Waals surface area (Å²) in [6, 6.07) is 3.66. The molecule has 0 saturated heterocycles. The van der Waals surface area contributed by atoms with Gasteiger partial charge in [-0.3, -0.25) is 9.48 Å². The maximum absolute atomic E-state index is 12.3. The number of aromatic nitrogens is 3. The van der Waals surface area contributed by atoms with Crippen LogP contribution in [-0.4, -0.2) is 32.1 Å². The van der Waals surface area contributed by atoms with E-state index in [4.69, 9.17) is 23.2 Å². The predicted molar refractivity (Wildman–Crippen MR) is 84.8 cm³/mol. The highest BCUT2D eigenvalue weighted by Crippen LogP contribution is 2.30. The lowest BCUT2D eigenvalue weighted by molar-refractivity contribution is -0.132. The first-order chi connectivity index (χ1) is 10.6. The molecule has 1 amide bonds. The van der Waals surface area contributed by atoms with Gasteiger partial charge >= 0.3 is 0 Å². The molecule has 22 heavy (non-hydrogen) atoms. The van der Waals surface area contributed by atoms with Gasteiger partial charge in [-0.05, 0) is 36.1 Å². The van der Waals surface area contributed by atoms with Gasteiger partial charge in [-0.25, -0.2) is 4.98 Å². The molecule has 1 aromatic carbocycles. The number of hydrogen-bond acceptors (Lipinski definition) is 3. The number of nitrogens with zero attached hydrogens (tertiary/aromatic N) is 4. The summed E-state index contributed by atoms with van der Waals surface area (Å²) in [4.78, 5) is 18.1. The van der Waals surface area contributed by atoms with Crippen molar-refractivity contribution < 1.29 is 4.79 Å². The summed E-state index contributed by atoms with van der Waals surface area (Å²) in [5.41, 5.74) is 2.16. The van der Waals surface area contributed by atoms with Gasteiger partial charge < -0.3 is 4.90 Å². The Hall–Kier alpha value is -1.59. The van der Waals surface area contributed by atoms with Crippen LogP contribution in [0.4, 0.5) is 0 Å². The van der Waals surface area contributed by atoms with E-state index >= 15 is 0 Å². The molecule has 3 rings (SSSR count). The fourth-order valence-electron chi connectivity index (χ4n) is 2.72. The normalized spacial score (nSPS) is 14.0. The smallest absolute Gasteiger partial charge is 0.222 e. The van der Waals surface area contributed by atoms with Gasteiger partial charge in [0.15, 0.2) is 0 Å². The number of hydrogen-bond donors (Lipinski definition) is 0. The summed E-state index contributed by atoms with van der Waals surface area (Å²) in [7, 11) is 0. The summed E-state index contributed by atoms with van der Waals surface area (Å²) < 4.78 is 1.73. The molecule has 1 aliphatic rings. The lowest BCUT2D eigenvalue weighted by atomic mass is 9.99. The second-order valence-corrected chi connectivity index (χ2v) is 6.20. The highest BCUT2D eigenvalue weighted by molar-refractivity contribution is 6.35. The first-order valence-corrected chi connectivity index (χ1v) is 7.96. The molecule has 5 nitrogen and oxygen atoms in total. The van der Waals surface area contributed by atoms with E-state index in [0.717, 1.165) is 24.0 Å². The zero-order valence-corrected chi connectivity index (χ0v) is 13.5. The van der Waals surface area contributed by atoms with E-state index in [2.05, 4.69) is 10.1 Å². The van der Waals surface area contributed by atoms with Crippen molar-refractivity contribution in [2.75, 3.05) is 6.54 Å². The van der Waals surface area contributed by atoms with Gasteiger partial charge in [-0.2, -0.15) is 5.10 Å². The van der Waals surface area contributed by atoms with Crippen LogP contribution in [-0.2, 0) is 24.3 Å². The molecule has 7 heteroatoms. The Labute approximate surface area is 138 Å². The summed E-state index contributed by atoms with van der Waals surface area (Å²) >= 11 is 12.3. The molecule has 1 aromatic heterocycles. The minimum absolute atomic E-state index is 0.155. The summed E-state index contributed by atoms with van der Waals surface area (Å²) in [6.07, 6.45) is 5.19. The minimum Gasteiger partial charge on any atom is -0.338 e. The summed E-state index contributed by atoms with van der Waals surface area (Å²) in [5.74, 6) is 0.155. The quantitative estimate of drug-likeness (QED) is 0.861. The van der Waals surface area contributed by atoms with E-state index in [9.17, 15) is 4.79 Å². The Kier molecular flexibility index (Phi) is 4.64. The number of aryl methyl sites for hydroxylation is 1. The van der Waals surface area contributed by atoms with E-state index in [1.165, 1.54) is 6.33 Å². The van der Waals surface area contributed by atoms with Gasteiger partial charge in [0.2, 0.25) is 5.91 Å². The van der Waals surface area contributed by atoms with Gasteiger partial charge in [-0.15, -0.1) is 0 Å². The van der Waals surface area contributed by atoms with Crippen LogP contribution in [0.2, 0.25) is 10.0 Å². The maximum atomic E-state index is 12.3. The number of halogens is 2. The van der Waals surface area contributed by atoms with E-state index < -0.39 is 0 Å². The van der Waals surface area contributed by atoms with Crippen LogP contribution in [0.1, 0.15) is 24.0 Å². The molecule has 2 aromatic rings. The number of rotatable bonds is 4. The van der Waals surface area contributed by atoms with E-state index in [-0.39, 0.29) is 5.91 Å². The van der Waals surface area contributed by atoms with Crippen LogP contribution in [0.15, 0.2) is 24.8 Å². The van der Waals surface area contributed by atoms with Crippen LogP contribution in [0.25, 0.3) is 0 Å². The molecule has 116 valence electrons. The summed E-state index contributed by atoms with van der Waals surface area (Å²) in [5, 5.41) is 5.34. The molecule has 2 heterocycles. The van der Waals surface area contributed by atoms with Crippen molar-refractivity contribution in [1.82, 2.24) is 19.7 Å². The van der Waals surface area contributed by atoms with Crippen LogP contribution in [0.5, 0.6) is 0 Å². The highest BCUT2D eigenvalue weighted by atomic mass is 35.5. The maximum Gasteiger partial charge on any atom is 0.222 e. The SMILES string of the molecule is O=C(CCCn1cncn1)N1CCc2c(Cl)cc(Cl)cc2C1. The molecule has 0 atom stereocenters. The molecule has 0 aliphatic carbocycles. The standard InChI is InChI=1S/C15H16Cl2N4O/c16-12-6-11-8-20(5-3-13(11)14(17)7-12)15(22)2-1-4-21-10-18-9-19-21/h6-7,9-10H,1-5,8H2. The number of carbonyl (C=O) groups is 1. The third-order valence-corrected chi connectivity index (χ3v) is 4.40. The first kappa shape index (κ1) is 15.3. The van der Waals surface area contributed by atoms with Gasteiger partial charge in [0.1, 0.15) is 12.7 Å². The topological polar surface area (TPSA) is 51.0 Å². The fourth-order valence-corrected chi connectivity index (χ4v) is 3.35. The van der Waals surface area contributed by atoms with Gasteiger partial charge in [0.25, 0.3) is 0 Å². The van der Waals surface area contributed by atoms with Crippen molar-refractivity contribution in [1.29, 1.82) is 0 Å². The molecule has 1 aliphatic heterocycles. The Morgan fingerprint density at radius 2 is 2.18 bits per heavy atom. The number of carbonyl (C=O) groups excluding carboxylic acids is 1. The molecule has 0 radical (unpaired) electrons. The average molecular weight is 339 g/mol. The monoisotopic (exact) mass is 338 g/mol. The lowest BCUT2D eigenvalue weighted by Crippen LogP contribution is -2.36. The number of benzene rings is 1. The lowest BCUT2D eigenvalue weighted by Gasteiger charge is -2.29. The second kappa shape index (κ2) is 6.67. The Morgan fingerprint density at radius 3 is 2.95 bits per heavy atom. The number of amides is 1. The third-order valence-electron chi connectivity index (χ3n) is 3.84. The molecular formula is C15H16Cl2N4O. The second-order valence-electron chi connectivity index (χ2n) is 5.35. The molecule has 0 unspecified atom stereocenters. The first-order valence-electron chi connectivity index (χ1n) is 7.20. The average Bonchev–Trinajstić information content (AvgIpc) is 2.99. The summed E-state index contributed by atoms with van der Waals surface area (Å²) in [6.45, 7) is 1.99. The van der Waals surface area contributed by atoms with Crippen LogP contribution < -0.4 is 0 Å². The molecule has 0 bridgehead atoms. The zero-order chi connectivity index (χ0) is 15.5. The van der Waals surface area contributed by atoms with Crippen molar-refractivity contribution in [2.45, 2.75) is 32.4 Å². The molecule has 0 N–H and O–H groups in total. The van der Waals surface area contributed by atoms with Gasteiger partial charge in [-0.1, -0.05) is 23.2 Å². The fraction of sp³-hybridized carbons (Fsp3) is 0.400. The van der Waals surface area contributed by atoms with Crippen LogP contribution >= 0.6 is 23.2 Å². The Balaban J connectivity index is 1.58. The van der Waals surface area contributed by atoms with Crippen molar-refractivity contribution in [2.24, 2.45) is 0 Å². The largest absolute Gasteiger partial charge is 0.338 e. The van der Waals surface area contributed by atoms with Gasteiger partial charge in [0.05, 0.1) is 0 Å². The van der Waals surface area contributed by atoms with Gasteiger partial charge in [0, 0.05) is 36.1 Å². The highest BCUT2D eigenvalue weighted by Gasteiger charge is 2.22. The molecule has 0 spiro atoms. The minimum atomic E-state index is 0.155. The Morgan fingerprint density at radius 1 is 1.32 bits per heavy atom.